The summed E-state index contributed by atoms with van der Waals surface area (Å²) in [7, 11) is 0. The maximum atomic E-state index is 12.4. The fourth-order valence-electron chi connectivity index (χ4n) is 2.18. The summed E-state index contributed by atoms with van der Waals surface area (Å²) < 4.78 is 0.768. The van der Waals surface area contributed by atoms with Crippen molar-refractivity contribution in [3.63, 3.8) is 0 Å². The zero-order valence-electron chi connectivity index (χ0n) is 11.3. The molecule has 3 N–H and O–H groups in total. The number of nitrogens with two attached hydrogens (primary N) is 1. The Morgan fingerprint density at radius 1 is 1.38 bits per heavy atom. The minimum atomic E-state index is -0.0344. The van der Waals surface area contributed by atoms with Crippen LogP contribution in [0.4, 0.5) is 0 Å². The van der Waals surface area contributed by atoms with Crippen LogP contribution in [0.2, 0.25) is 5.02 Å². The van der Waals surface area contributed by atoms with Crippen LogP contribution in [0.15, 0.2) is 27.8 Å². The molecular weight excluding hydrogens is 360 g/mol. The SMILES string of the molecule is N/C(CN1CCN(C(=O)c2ccc(Br)c(Cl)c2)CC1)=N/O. The summed E-state index contributed by atoms with van der Waals surface area (Å²) in [6, 6.07) is 5.18. The van der Waals surface area contributed by atoms with Gasteiger partial charge in [0.15, 0.2) is 5.84 Å². The lowest BCUT2D eigenvalue weighted by Crippen LogP contribution is -2.50. The molecule has 1 aliphatic heterocycles. The maximum absolute atomic E-state index is 12.4. The number of amidine groups is 1. The second-order valence-electron chi connectivity index (χ2n) is 4.79. The van der Waals surface area contributed by atoms with Crippen molar-refractivity contribution in [2.45, 2.75) is 0 Å². The van der Waals surface area contributed by atoms with E-state index in [4.69, 9.17) is 22.5 Å². The van der Waals surface area contributed by atoms with Crippen molar-refractivity contribution in [1.29, 1.82) is 0 Å². The average molecular weight is 376 g/mol. The number of benzene rings is 1. The number of oxime groups is 1. The van der Waals surface area contributed by atoms with Crippen LogP contribution in [-0.4, -0.2) is 59.5 Å². The molecule has 1 amide bonds. The molecule has 0 aromatic heterocycles. The smallest absolute Gasteiger partial charge is 0.253 e. The molecule has 0 radical (unpaired) electrons. The van der Waals surface area contributed by atoms with Crippen molar-refractivity contribution in [3.05, 3.63) is 33.3 Å². The van der Waals surface area contributed by atoms with Gasteiger partial charge in [-0.3, -0.25) is 9.69 Å². The molecule has 1 saturated heterocycles. The highest BCUT2D eigenvalue weighted by atomic mass is 79.9. The number of carbonyl (C=O) groups excluding carboxylic acids is 1. The minimum absolute atomic E-state index is 0.0344. The summed E-state index contributed by atoms with van der Waals surface area (Å²) in [5, 5.41) is 12.0. The third kappa shape index (κ3) is 4.09. The number of halogens is 2. The van der Waals surface area contributed by atoms with Crippen LogP contribution in [0.5, 0.6) is 0 Å². The second-order valence-corrected chi connectivity index (χ2v) is 6.05. The molecule has 1 aromatic rings. The van der Waals surface area contributed by atoms with E-state index < -0.39 is 0 Å². The van der Waals surface area contributed by atoms with Crippen LogP contribution in [0.25, 0.3) is 0 Å². The lowest BCUT2D eigenvalue weighted by molar-refractivity contribution is 0.0653. The van der Waals surface area contributed by atoms with E-state index in [1.54, 1.807) is 23.1 Å². The summed E-state index contributed by atoms with van der Waals surface area (Å²) in [6.07, 6.45) is 0. The molecular formula is C13H16BrClN4O2. The Morgan fingerprint density at radius 2 is 2.05 bits per heavy atom. The van der Waals surface area contributed by atoms with Gasteiger partial charge in [0.05, 0.1) is 11.6 Å². The van der Waals surface area contributed by atoms with E-state index >= 15 is 0 Å². The van der Waals surface area contributed by atoms with Gasteiger partial charge in [0.2, 0.25) is 0 Å². The van der Waals surface area contributed by atoms with Gasteiger partial charge in [0.1, 0.15) is 0 Å². The molecule has 1 aromatic carbocycles. The zero-order chi connectivity index (χ0) is 15.4. The Bertz CT molecular complexity index is 559. The monoisotopic (exact) mass is 374 g/mol. The molecule has 0 saturated carbocycles. The van der Waals surface area contributed by atoms with E-state index in [1.165, 1.54) is 0 Å². The van der Waals surface area contributed by atoms with Gasteiger partial charge in [0, 0.05) is 36.2 Å². The molecule has 1 aliphatic rings. The van der Waals surface area contributed by atoms with E-state index in [9.17, 15) is 4.79 Å². The molecule has 1 heterocycles. The molecule has 0 aliphatic carbocycles. The maximum Gasteiger partial charge on any atom is 0.253 e. The molecule has 6 nitrogen and oxygen atoms in total. The summed E-state index contributed by atoms with van der Waals surface area (Å²) in [4.78, 5) is 16.2. The molecule has 21 heavy (non-hydrogen) atoms. The summed E-state index contributed by atoms with van der Waals surface area (Å²) in [5.41, 5.74) is 6.06. The number of hydrogen-bond donors (Lipinski definition) is 2. The van der Waals surface area contributed by atoms with E-state index in [2.05, 4.69) is 21.1 Å². The van der Waals surface area contributed by atoms with Crippen molar-refractivity contribution >= 4 is 39.3 Å². The molecule has 0 spiro atoms. The Labute approximate surface area is 136 Å². The number of piperazine rings is 1. The van der Waals surface area contributed by atoms with Crippen molar-refractivity contribution < 1.29 is 10.0 Å². The van der Waals surface area contributed by atoms with Gasteiger partial charge in [-0.05, 0) is 34.1 Å². The first-order valence-electron chi connectivity index (χ1n) is 6.44. The topological polar surface area (TPSA) is 82.2 Å². The van der Waals surface area contributed by atoms with E-state index in [1.807, 2.05) is 4.90 Å². The van der Waals surface area contributed by atoms with Crippen LogP contribution in [0.3, 0.4) is 0 Å². The van der Waals surface area contributed by atoms with Gasteiger partial charge in [-0.1, -0.05) is 16.8 Å². The molecule has 0 unspecified atom stereocenters. The van der Waals surface area contributed by atoms with E-state index in [-0.39, 0.29) is 11.7 Å². The Hall–Kier alpha value is -1.31. The van der Waals surface area contributed by atoms with Crippen LogP contribution < -0.4 is 5.73 Å². The Balaban J connectivity index is 1.95. The fourth-order valence-corrected chi connectivity index (χ4v) is 2.61. The first kappa shape index (κ1) is 16.1. The van der Waals surface area contributed by atoms with Crippen LogP contribution in [0, 0.1) is 0 Å². The van der Waals surface area contributed by atoms with Gasteiger partial charge in [-0.15, -0.1) is 0 Å². The van der Waals surface area contributed by atoms with E-state index in [0.29, 0.717) is 43.3 Å². The lowest BCUT2D eigenvalue weighted by Gasteiger charge is -2.34. The Kier molecular flexibility index (Phi) is 5.44. The normalized spacial score (nSPS) is 17.0. The fraction of sp³-hybridized carbons (Fsp3) is 0.385. The largest absolute Gasteiger partial charge is 0.409 e. The highest BCUT2D eigenvalue weighted by Gasteiger charge is 2.22. The lowest BCUT2D eigenvalue weighted by atomic mass is 10.2. The highest BCUT2D eigenvalue weighted by Crippen LogP contribution is 2.24. The predicted octanol–water partition coefficient (Wildman–Crippen LogP) is 1.61. The number of amides is 1. The molecule has 0 bridgehead atoms. The van der Waals surface area contributed by atoms with Gasteiger partial charge in [0.25, 0.3) is 5.91 Å². The Morgan fingerprint density at radius 3 is 2.62 bits per heavy atom. The zero-order valence-corrected chi connectivity index (χ0v) is 13.6. The summed E-state index contributed by atoms with van der Waals surface area (Å²) >= 11 is 9.32. The van der Waals surface area contributed by atoms with Crippen LogP contribution in [-0.2, 0) is 0 Å². The third-order valence-corrected chi connectivity index (χ3v) is 4.57. The van der Waals surface area contributed by atoms with Crippen molar-refractivity contribution in [2.24, 2.45) is 10.9 Å². The summed E-state index contributed by atoms with van der Waals surface area (Å²) in [5.74, 6) is 0.141. The second kappa shape index (κ2) is 7.11. The van der Waals surface area contributed by atoms with Gasteiger partial charge in [-0.25, -0.2) is 0 Å². The third-order valence-electron chi connectivity index (χ3n) is 3.34. The number of carbonyl (C=O) groups is 1. The summed E-state index contributed by atoms with van der Waals surface area (Å²) in [6.45, 7) is 2.98. The standard InChI is InChI=1S/C13H16BrClN4O2/c14-10-2-1-9(7-11(10)15)13(20)19-5-3-18(4-6-19)8-12(16)17-21/h1-2,7,21H,3-6,8H2,(H2,16,17). The highest BCUT2D eigenvalue weighted by molar-refractivity contribution is 9.10. The minimum Gasteiger partial charge on any atom is -0.409 e. The number of nitrogens with zero attached hydrogens (tertiary/aromatic N) is 3. The molecule has 8 heteroatoms. The van der Waals surface area contributed by atoms with Crippen LogP contribution >= 0.6 is 27.5 Å². The van der Waals surface area contributed by atoms with Crippen LogP contribution in [0.1, 0.15) is 10.4 Å². The first-order valence-corrected chi connectivity index (χ1v) is 7.61. The average Bonchev–Trinajstić information content (AvgIpc) is 2.50. The predicted molar refractivity (Wildman–Crippen MR) is 84.9 cm³/mol. The van der Waals surface area contributed by atoms with Gasteiger partial charge >= 0.3 is 0 Å². The van der Waals surface area contributed by atoms with Gasteiger partial charge < -0.3 is 15.8 Å². The van der Waals surface area contributed by atoms with Crippen molar-refractivity contribution in [2.75, 3.05) is 32.7 Å². The van der Waals surface area contributed by atoms with E-state index in [0.717, 1.165) is 4.47 Å². The molecule has 2 rings (SSSR count). The number of rotatable bonds is 3. The van der Waals surface area contributed by atoms with Gasteiger partial charge in [-0.2, -0.15) is 0 Å². The van der Waals surface area contributed by atoms with Crippen molar-refractivity contribution in [1.82, 2.24) is 9.80 Å². The quantitative estimate of drug-likeness (QED) is 0.364. The molecule has 0 atom stereocenters. The molecule has 1 fully saturated rings. The van der Waals surface area contributed by atoms with Crippen molar-refractivity contribution in [3.8, 4) is 0 Å². The molecule has 114 valence electrons. The number of hydrogen-bond acceptors (Lipinski definition) is 4. The first-order chi connectivity index (χ1) is 10.0.